The van der Waals surface area contributed by atoms with Crippen LogP contribution in [0.15, 0.2) is 54.9 Å². The van der Waals surface area contributed by atoms with E-state index in [1.165, 1.54) is 19.3 Å². The van der Waals surface area contributed by atoms with E-state index < -0.39 is 0 Å². The van der Waals surface area contributed by atoms with Crippen molar-refractivity contribution in [2.24, 2.45) is 5.92 Å². The van der Waals surface area contributed by atoms with Crippen molar-refractivity contribution < 1.29 is 4.74 Å². The number of rotatable bonds is 6. The number of ether oxygens (including phenoxy) is 1. The zero-order chi connectivity index (χ0) is 21.9. The number of hydrogen-bond acceptors (Lipinski definition) is 5. The average Bonchev–Trinajstić information content (AvgIpc) is 3.16. The lowest BCUT2D eigenvalue weighted by Gasteiger charge is -2.26. The molecule has 3 heterocycles. The number of aryl methyl sites for hydroxylation is 1. The van der Waals surface area contributed by atoms with Crippen LogP contribution in [-0.4, -0.2) is 26.1 Å². The molecule has 6 nitrogen and oxygen atoms in total. The normalized spacial score (nSPS) is 13.9. The molecule has 0 amide bonds. The largest absolute Gasteiger partial charge is 0.492 e. The summed E-state index contributed by atoms with van der Waals surface area (Å²) in [6, 6.07) is 15.6. The molecule has 0 unspecified atom stereocenters. The van der Waals surface area contributed by atoms with Crippen LogP contribution >= 0.6 is 0 Å². The number of fused-ring (bicyclic) bond motifs is 1. The van der Waals surface area contributed by atoms with Crippen LogP contribution in [0.25, 0.3) is 29.1 Å². The van der Waals surface area contributed by atoms with Crippen LogP contribution in [0.3, 0.4) is 0 Å². The van der Waals surface area contributed by atoms with Gasteiger partial charge in [0.25, 0.3) is 0 Å². The molecule has 158 valence electrons. The number of benzene rings is 1. The van der Waals surface area contributed by atoms with Gasteiger partial charge in [0.2, 0.25) is 0 Å². The van der Waals surface area contributed by atoms with E-state index in [9.17, 15) is 0 Å². The average molecular weight is 422 g/mol. The maximum atomic E-state index is 9.10. The third kappa shape index (κ3) is 3.85. The monoisotopic (exact) mass is 421 g/mol. The van der Waals surface area contributed by atoms with Crippen LogP contribution in [0.1, 0.15) is 41.8 Å². The summed E-state index contributed by atoms with van der Waals surface area (Å²) in [5.74, 6) is 2.97. The van der Waals surface area contributed by atoms with Crippen molar-refractivity contribution in [2.75, 3.05) is 6.61 Å². The summed E-state index contributed by atoms with van der Waals surface area (Å²) < 4.78 is 8.13. The quantitative estimate of drug-likeness (QED) is 0.420. The van der Waals surface area contributed by atoms with Crippen molar-refractivity contribution in [3.63, 3.8) is 0 Å². The van der Waals surface area contributed by atoms with Gasteiger partial charge in [0.15, 0.2) is 5.65 Å². The second-order valence-electron chi connectivity index (χ2n) is 8.10. The number of aromatic nitrogens is 4. The maximum absolute atomic E-state index is 9.10. The van der Waals surface area contributed by atoms with Crippen LogP contribution in [0.5, 0.6) is 5.75 Å². The van der Waals surface area contributed by atoms with E-state index in [0.29, 0.717) is 23.1 Å². The van der Waals surface area contributed by atoms with Crippen molar-refractivity contribution in [3.05, 3.63) is 77.4 Å². The molecule has 32 heavy (non-hydrogen) atoms. The molecule has 0 spiro atoms. The van der Waals surface area contributed by atoms with E-state index in [1.54, 1.807) is 18.5 Å². The lowest BCUT2D eigenvalue weighted by atomic mass is 9.86. The second-order valence-corrected chi connectivity index (χ2v) is 8.10. The van der Waals surface area contributed by atoms with Gasteiger partial charge in [0.1, 0.15) is 29.0 Å². The van der Waals surface area contributed by atoms with E-state index in [4.69, 9.17) is 15.0 Å². The molecule has 0 bridgehead atoms. The summed E-state index contributed by atoms with van der Waals surface area (Å²) in [4.78, 5) is 13.7. The number of hydrogen-bond donors (Lipinski definition) is 0. The molecule has 0 atom stereocenters. The van der Waals surface area contributed by atoms with Crippen LogP contribution in [0.4, 0.5) is 0 Å². The molecule has 6 heteroatoms. The molecule has 0 saturated heterocycles. The molecule has 0 N–H and O–H groups in total. The van der Waals surface area contributed by atoms with Gasteiger partial charge < -0.3 is 4.74 Å². The summed E-state index contributed by atoms with van der Waals surface area (Å²) in [6.45, 7) is 2.84. The Hall–Kier alpha value is -3.98. The van der Waals surface area contributed by atoms with E-state index in [0.717, 1.165) is 34.6 Å². The minimum atomic E-state index is 0.510. The zero-order valence-electron chi connectivity index (χ0n) is 17.9. The number of nitriles is 1. The number of para-hydroxylation sites is 1. The molecule has 4 aromatic rings. The first kappa shape index (κ1) is 20.0. The minimum Gasteiger partial charge on any atom is -0.492 e. The molecular weight excluding hydrogens is 398 g/mol. The van der Waals surface area contributed by atoms with Crippen molar-refractivity contribution >= 4 is 23.3 Å². The SMILES string of the molecule is Cc1cccc(C=Cc2nc3cccnc3n2-c2ccc(C#N)cn2)c1OCC1CCC1. The first-order chi connectivity index (χ1) is 15.7. The fraction of sp³-hybridized carbons (Fsp3) is 0.231. The van der Waals surface area contributed by atoms with Gasteiger partial charge in [0.05, 0.1) is 12.2 Å². The molecule has 1 aliphatic carbocycles. The fourth-order valence-electron chi connectivity index (χ4n) is 3.88. The predicted octanol–water partition coefficient (Wildman–Crippen LogP) is 5.34. The Kier molecular flexibility index (Phi) is 5.39. The summed E-state index contributed by atoms with van der Waals surface area (Å²) in [7, 11) is 0. The molecule has 0 radical (unpaired) electrons. The highest BCUT2D eigenvalue weighted by molar-refractivity contribution is 5.79. The van der Waals surface area contributed by atoms with Gasteiger partial charge in [-0.3, -0.25) is 4.57 Å². The van der Waals surface area contributed by atoms with Gasteiger partial charge in [-0.2, -0.15) is 5.26 Å². The number of imidazole rings is 1. The van der Waals surface area contributed by atoms with Gasteiger partial charge in [-0.15, -0.1) is 0 Å². The van der Waals surface area contributed by atoms with E-state index in [1.807, 2.05) is 41.0 Å². The third-order valence-corrected chi connectivity index (χ3v) is 5.89. The minimum absolute atomic E-state index is 0.510. The highest BCUT2D eigenvalue weighted by Gasteiger charge is 2.19. The lowest BCUT2D eigenvalue weighted by molar-refractivity contribution is 0.179. The second kappa shape index (κ2) is 8.64. The van der Waals surface area contributed by atoms with E-state index in [2.05, 4.69) is 35.1 Å². The van der Waals surface area contributed by atoms with E-state index >= 15 is 0 Å². The van der Waals surface area contributed by atoms with Crippen LogP contribution in [0.2, 0.25) is 0 Å². The van der Waals surface area contributed by atoms with Crippen molar-refractivity contribution in [1.29, 1.82) is 5.26 Å². The van der Waals surface area contributed by atoms with Crippen molar-refractivity contribution in [3.8, 4) is 17.6 Å². The molecule has 1 fully saturated rings. The number of pyridine rings is 2. The Morgan fingerprint density at radius 3 is 2.78 bits per heavy atom. The molecule has 0 aliphatic heterocycles. The standard InChI is InChI=1S/C26H23N5O/c1-18-5-2-8-21(25(18)32-17-19-6-3-7-19)11-13-24-30-22-9-4-14-28-26(22)31(24)23-12-10-20(15-27)16-29-23/h2,4-5,8-14,16,19H,3,6-7,17H2,1H3. The summed E-state index contributed by atoms with van der Waals surface area (Å²) in [5, 5.41) is 9.10. The molecule has 5 rings (SSSR count). The summed E-state index contributed by atoms with van der Waals surface area (Å²) >= 11 is 0. The summed E-state index contributed by atoms with van der Waals surface area (Å²) in [6.07, 6.45) is 11.1. The Bertz CT molecular complexity index is 1330. The Balaban J connectivity index is 1.53. The third-order valence-electron chi connectivity index (χ3n) is 5.89. The topological polar surface area (TPSA) is 76.6 Å². The highest BCUT2D eigenvalue weighted by atomic mass is 16.5. The molecule has 3 aromatic heterocycles. The zero-order valence-corrected chi connectivity index (χ0v) is 17.9. The molecular formula is C26H23N5O. The maximum Gasteiger partial charge on any atom is 0.166 e. The predicted molar refractivity (Wildman–Crippen MR) is 124 cm³/mol. The van der Waals surface area contributed by atoms with Crippen LogP contribution < -0.4 is 4.74 Å². The van der Waals surface area contributed by atoms with Gasteiger partial charge in [-0.1, -0.05) is 24.6 Å². The fourth-order valence-corrected chi connectivity index (χ4v) is 3.88. The van der Waals surface area contributed by atoms with Crippen LogP contribution in [-0.2, 0) is 0 Å². The Morgan fingerprint density at radius 1 is 1.12 bits per heavy atom. The van der Waals surface area contributed by atoms with Gasteiger partial charge in [-0.25, -0.2) is 15.0 Å². The van der Waals surface area contributed by atoms with Crippen LogP contribution in [0, 0.1) is 24.2 Å². The first-order valence-corrected chi connectivity index (χ1v) is 10.8. The van der Waals surface area contributed by atoms with E-state index in [-0.39, 0.29) is 0 Å². The molecule has 1 saturated carbocycles. The van der Waals surface area contributed by atoms with Gasteiger partial charge >= 0.3 is 0 Å². The van der Waals surface area contributed by atoms with Crippen molar-refractivity contribution in [2.45, 2.75) is 26.2 Å². The van der Waals surface area contributed by atoms with Crippen molar-refractivity contribution in [1.82, 2.24) is 19.5 Å². The smallest absolute Gasteiger partial charge is 0.166 e. The molecule has 1 aromatic carbocycles. The van der Waals surface area contributed by atoms with Gasteiger partial charge in [-0.05, 0) is 67.7 Å². The lowest BCUT2D eigenvalue weighted by Crippen LogP contribution is -2.19. The first-order valence-electron chi connectivity index (χ1n) is 10.8. The Labute approximate surface area is 186 Å². The Morgan fingerprint density at radius 2 is 2.03 bits per heavy atom. The molecule has 1 aliphatic rings. The highest BCUT2D eigenvalue weighted by Crippen LogP contribution is 2.31. The van der Waals surface area contributed by atoms with Gasteiger partial charge in [0, 0.05) is 18.0 Å². The summed E-state index contributed by atoms with van der Waals surface area (Å²) in [5.41, 5.74) is 4.15. The number of nitrogens with zero attached hydrogens (tertiary/aromatic N) is 5.